The SMILES string of the molecule is O=C(CC(O)c1cc(Cl)cc(Cl)c1)NCC1CC1. The smallest absolute Gasteiger partial charge is 0.222 e. The fourth-order valence-electron chi connectivity index (χ4n) is 1.71. The fourth-order valence-corrected chi connectivity index (χ4v) is 2.26. The van der Waals surface area contributed by atoms with Gasteiger partial charge in [0.25, 0.3) is 0 Å². The van der Waals surface area contributed by atoms with Crippen molar-refractivity contribution in [2.24, 2.45) is 5.92 Å². The molecule has 1 amide bonds. The maximum Gasteiger partial charge on any atom is 0.222 e. The molecule has 0 radical (unpaired) electrons. The molecular weight excluding hydrogens is 273 g/mol. The first-order valence-corrected chi connectivity index (χ1v) is 6.71. The zero-order valence-corrected chi connectivity index (χ0v) is 11.3. The Balaban J connectivity index is 1.88. The molecular formula is C13H15Cl2NO2. The Labute approximate surface area is 116 Å². The van der Waals surface area contributed by atoms with E-state index in [1.54, 1.807) is 18.2 Å². The van der Waals surface area contributed by atoms with Gasteiger partial charge in [-0.15, -0.1) is 0 Å². The van der Waals surface area contributed by atoms with Crippen LogP contribution in [0.15, 0.2) is 18.2 Å². The lowest BCUT2D eigenvalue weighted by Gasteiger charge is -2.12. The predicted molar refractivity (Wildman–Crippen MR) is 71.8 cm³/mol. The standard InChI is InChI=1S/C13H15Cl2NO2/c14-10-3-9(4-11(15)5-10)12(17)6-13(18)16-7-8-1-2-8/h3-5,8,12,17H,1-2,6-7H2,(H,16,18). The van der Waals surface area contributed by atoms with E-state index in [-0.39, 0.29) is 12.3 Å². The number of nitrogens with one attached hydrogen (secondary N) is 1. The Morgan fingerprint density at radius 2 is 1.94 bits per heavy atom. The van der Waals surface area contributed by atoms with Crippen molar-refractivity contribution in [3.63, 3.8) is 0 Å². The van der Waals surface area contributed by atoms with E-state index in [2.05, 4.69) is 5.32 Å². The van der Waals surface area contributed by atoms with Crippen molar-refractivity contribution in [2.75, 3.05) is 6.54 Å². The summed E-state index contributed by atoms with van der Waals surface area (Å²) >= 11 is 11.7. The summed E-state index contributed by atoms with van der Waals surface area (Å²) in [6.45, 7) is 0.710. The van der Waals surface area contributed by atoms with Crippen molar-refractivity contribution in [2.45, 2.75) is 25.4 Å². The molecule has 18 heavy (non-hydrogen) atoms. The number of benzene rings is 1. The highest BCUT2D eigenvalue weighted by Crippen LogP contribution is 2.28. The molecule has 2 N–H and O–H groups in total. The summed E-state index contributed by atoms with van der Waals surface area (Å²) in [6, 6.07) is 4.82. The summed E-state index contributed by atoms with van der Waals surface area (Å²) in [5, 5.41) is 13.7. The van der Waals surface area contributed by atoms with Gasteiger partial charge < -0.3 is 10.4 Å². The van der Waals surface area contributed by atoms with E-state index >= 15 is 0 Å². The molecule has 1 aliphatic carbocycles. The zero-order chi connectivity index (χ0) is 13.1. The summed E-state index contributed by atoms with van der Waals surface area (Å²) in [7, 11) is 0. The Morgan fingerprint density at radius 3 is 2.50 bits per heavy atom. The second kappa shape index (κ2) is 5.91. The van der Waals surface area contributed by atoms with Crippen LogP contribution in [0.2, 0.25) is 10.0 Å². The number of amides is 1. The van der Waals surface area contributed by atoms with Crippen molar-refractivity contribution in [1.82, 2.24) is 5.32 Å². The average molecular weight is 288 g/mol. The Kier molecular flexibility index (Phi) is 4.49. The number of carbonyl (C=O) groups is 1. The molecule has 0 aromatic heterocycles. The van der Waals surface area contributed by atoms with Crippen LogP contribution in [0.4, 0.5) is 0 Å². The average Bonchev–Trinajstić information content (AvgIpc) is 3.08. The van der Waals surface area contributed by atoms with Gasteiger partial charge in [0.1, 0.15) is 0 Å². The molecule has 0 heterocycles. The molecule has 0 spiro atoms. The van der Waals surface area contributed by atoms with E-state index in [1.165, 1.54) is 12.8 Å². The summed E-state index contributed by atoms with van der Waals surface area (Å²) in [6.07, 6.45) is 1.53. The molecule has 3 nitrogen and oxygen atoms in total. The minimum atomic E-state index is -0.875. The Morgan fingerprint density at radius 1 is 1.33 bits per heavy atom. The second-order valence-electron chi connectivity index (χ2n) is 4.67. The molecule has 0 bridgehead atoms. The number of hydrogen-bond donors (Lipinski definition) is 2. The van der Waals surface area contributed by atoms with E-state index in [0.29, 0.717) is 28.1 Å². The van der Waals surface area contributed by atoms with Crippen LogP contribution in [0, 0.1) is 5.92 Å². The van der Waals surface area contributed by atoms with Gasteiger partial charge in [0, 0.05) is 16.6 Å². The number of aliphatic hydroxyl groups is 1. The Bertz CT molecular complexity index is 426. The minimum Gasteiger partial charge on any atom is -0.388 e. The maximum absolute atomic E-state index is 11.6. The van der Waals surface area contributed by atoms with E-state index in [1.807, 2.05) is 0 Å². The minimum absolute atomic E-state index is 0.0311. The molecule has 0 saturated heterocycles. The van der Waals surface area contributed by atoms with Gasteiger partial charge in [0.15, 0.2) is 0 Å². The largest absolute Gasteiger partial charge is 0.388 e. The number of aliphatic hydroxyl groups excluding tert-OH is 1. The summed E-state index contributed by atoms with van der Waals surface area (Å²) in [5.41, 5.74) is 0.564. The van der Waals surface area contributed by atoms with Crippen molar-refractivity contribution in [3.8, 4) is 0 Å². The topological polar surface area (TPSA) is 49.3 Å². The van der Waals surface area contributed by atoms with Crippen LogP contribution in [-0.2, 0) is 4.79 Å². The summed E-state index contributed by atoms with van der Waals surface area (Å²) < 4.78 is 0. The molecule has 98 valence electrons. The molecule has 1 fully saturated rings. The third kappa shape index (κ3) is 4.16. The fraction of sp³-hybridized carbons (Fsp3) is 0.462. The van der Waals surface area contributed by atoms with Crippen LogP contribution < -0.4 is 5.32 Å². The van der Waals surface area contributed by atoms with Crippen LogP contribution >= 0.6 is 23.2 Å². The van der Waals surface area contributed by atoms with Crippen LogP contribution in [0.25, 0.3) is 0 Å². The first kappa shape index (κ1) is 13.7. The molecule has 1 aromatic rings. The van der Waals surface area contributed by atoms with Gasteiger partial charge in [0.2, 0.25) is 5.91 Å². The predicted octanol–water partition coefficient (Wildman–Crippen LogP) is 2.94. The van der Waals surface area contributed by atoms with E-state index in [0.717, 1.165) is 0 Å². The molecule has 5 heteroatoms. The molecule has 1 atom stereocenters. The zero-order valence-electron chi connectivity index (χ0n) is 9.83. The van der Waals surface area contributed by atoms with Crippen molar-refractivity contribution >= 4 is 29.1 Å². The van der Waals surface area contributed by atoms with Gasteiger partial charge in [-0.25, -0.2) is 0 Å². The van der Waals surface area contributed by atoms with Crippen molar-refractivity contribution in [3.05, 3.63) is 33.8 Å². The number of hydrogen-bond acceptors (Lipinski definition) is 2. The second-order valence-corrected chi connectivity index (χ2v) is 5.54. The molecule has 1 saturated carbocycles. The van der Waals surface area contributed by atoms with Gasteiger partial charge >= 0.3 is 0 Å². The third-order valence-electron chi connectivity index (χ3n) is 2.93. The van der Waals surface area contributed by atoms with E-state index < -0.39 is 6.10 Å². The number of rotatable bonds is 5. The van der Waals surface area contributed by atoms with E-state index in [4.69, 9.17) is 23.2 Å². The van der Waals surface area contributed by atoms with E-state index in [9.17, 15) is 9.90 Å². The lowest BCUT2D eigenvalue weighted by atomic mass is 10.1. The third-order valence-corrected chi connectivity index (χ3v) is 3.37. The van der Waals surface area contributed by atoms with Gasteiger partial charge in [-0.3, -0.25) is 4.79 Å². The maximum atomic E-state index is 11.6. The van der Waals surface area contributed by atoms with Gasteiger partial charge in [-0.2, -0.15) is 0 Å². The monoisotopic (exact) mass is 287 g/mol. The van der Waals surface area contributed by atoms with Crippen molar-refractivity contribution in [1.29, 1.82) is 0 Å². The highest BCUT2D eigenvalue weighted by Gasteiger charge is 2.22. The molecule has 1 aliphatic rings. The van der Waals surface area contributed by atoms with Crippen LogP contribution in [0.1, 0.15) is 30.9 Å². The molecule has 1 unspecified atom stereocenters. The lowest BCUT2D eigenvalue weighted by molar-refractivity contribution is -0.123. The van der Waals surface area contributed by atoms with Crippen LogP contribution in [0.5, 0.6) is 0 Å². The van der Waals surface area contributed by atoms with Crippen molar-refractivity contribution < 1.29 is 9.90 Å². The highest BCUT2D eigenvalue weighted by molar-refractivity contribution is 6.34. The normalized spacial score (nSPS) is 16.4. The van der Waals surface area contributed by atoms with Crippen LogP contribution in [0.3, 0.4) is 0 Å². The number of carbonyl (C=O) groups excluding carboxylic acids is 1. The summed E-state index contributed by atoms with van der Waals surface area (Å²) in [5.74, 6) is 0.484. The lowest BCUT2D eigenvalue weighted by Crippen LogP contribution is -2.27. The van der Waals surface area contributed by atoms with Gasteiger partial charge in [0.05, 0.1) is 12.5 Å². The summed E-state index contributed by atoms with van der Waals surface area (Å²) in [4.78, 5) is 11.6. The first-order valence-electron chi connectivity index (χ1n) is 5.95. The Hall–Kier alpha value is -0.770. The quantitative estimate of drug-likeness (QED) is 0.875. The van der Waals surface area contributed by atoms with Gasteiger partial charge in [-0.05, 0) is 42.5 Å². The molecule has 0 aliphatic heterocycles. The number of halogens is 2. The molecule has 1 aromatic carbocycles. The van der Waals surface area contributed by atoms with Crippen LogP contribution in [-0.4, -0.2) is 17.6 Å². The first-order chi connectivity index (χ1) is 8.54. The van der Waals surface area contributed by atoms with Gasteiger partial charge in [-0.1, -0.05) is 23.2 Å². The molecule has 2 rings (SSSR count). The highest BCUT2D eigenvalue weighted by atomic mass is 35.5.